The van der Waals surface area contributed by atoms with Gasteiger partial charge in [0, 0.05) is 24.5 Å². The van der Waals surface area contributed by atoms with Gasteiger partial charge < -0.3 is 15.5 Å². The summed E-state index contributed by atoms with van der Waals surface area (Å²) in [6.45, 7) is 3.82. The molecule has 0 unspecified atom stereocenters. The topological polar surface area (TPSA) is 95.3 Å². The molecule has 0 aliphatic heterocycles. The van der Waals surface area contributed by atoms with Crippen molar-refractivity contribution in [2.45, 2.75) is 20.4 Å². The standard InChI is InChI=1S/C20H19N3O3/c1-12-4-3-5-15(6-12)18-16(24)7-13(2)17(19(18)25)20(26)23-10-14-8-21-11-22-9-14/h3-9,11,24-25H,10H2,1-2H3,(H,23,26). The van der Waals surface area contributed by atoms with E-state index in [-0.39, 0.29) is 29.2 Å². The number of rotatable bonds is 4. The number of phenolic OH excluding ortho intramolecular Hbond substituents is 2. The lowest BCUT2D eigenvalue weighted by Gasteiger charge is -2.15. The van der Waals surface area contributed by atoms with Crippen LogP contribution < -0.4 is 5.32 Å². The molecule has 0 bridgehead atoms. The van der Waals surface area contributed by atoms with E-state index in [9.17, 15) is 15.0 Å². The summed E-state index contributed by atoms with van der Waals surface area (Å²) in [4.78, 5) is 20.4. The van der Waals surface area contributed by atoms with E-state index in [0.29, 0.717) is 11.1 Å². The third-order valence-corrected chi connectivity index (χ3v) is 4.08. The van der Waals surface area contributed by atoms with Crippen molar-refractivity contribution in [2.24, 2.45) is 0 Å². The normalized spacial score (nSPS) is 10.5. The smallest absolute Gasteiger partial charge is 0.255 e. The van der Waals surface area contributed by atoms with Gasteiger partial charge in [-0.2, -0.15) is 0 Å². The summed E-state index contributed by atoms with van der Waals surface area (Å²) in [7, 11) is 0. The average molecular weight is 349 g/mol. The highest BCUT2D eigenvalue weighted by Gasteiger charge is 2.22. The Hall–Kier alpha value is -3.41. The third-order valence-electron chi connectivity index (χ3n) is 4.08. The number of carbonyl (C=O) groups excluding carboxylic acids is 1. The number of hydrogen-bond donors (Lipinski definition) is 3. The average Bonchev–Trinajstić information content (AvgIpc) is 2.60. The van der Waals surface area contributed by atoms with Crippen LogP contribution in [0, 0.1) is 13.8 Å². The van der Waals surface area contributed by atoms with Crippen molar-refractivity contribution < 1.29 is 15.0 Å². The van der Waals surface area contributed by atoms with Crippen LogP contribution in [-0.4, -0.2) is 26.1 Å². The molecule has 6 nitrogen and oxygen atoms in total. The number of phenols is 2. The van der Waals surface area contributed by atoms with Gasteiger partial charge in [-0.1, -0.05) is 29.8 Å². The highest BCUT2D eigenvalue weighted by molar-refractivity contribution is 6.01. The van der Waals surface area contributed by atoms with Crippen molar-refractivity contribution in [1.82, 2.24) is 15.3 Å². The monoisotopic (exact) mass is 349 g/mol. The van der Waals surface area contributed by atoms with Crippen LogP contribution in [0.4, 0.5) is 0 Å². The molecule has 0 spiro atoms. The molecule has 0 atom stereocenters. The number of benzene rings is 2. The maximum atomic E-state index is 12.6. The van der Waals surface area contributed by atoms with Gasteiger partial charge in [0.05, 0.1) is 11.1 Å². The Kier molecular flexibility index (Phi) is 4.84. The van der Waals surface area contributed by atoms with Crippen molar-refractivity contribution in [3.8, 4) is 22.6 Å². The van der Waals surface area contributed by atoms with Crippen molar-refractivity contribution in [3.05, 3.63) is 71.3 Å². The van der Waals surface area contributed by atoms with Gasteiger partial charge in [-0.15, -0.1) is 0 Å². The van der Waals surface area contributed by atoms with Gasteiger partial charge in [0.15, 0.2) is 0 Å². The predicted octanol–water partition coefficient (Wildman–Crippen LogP) is 3.10. The minimum atomic E-state index is -0.433. The van der Waals surface area contributed by atoms with Crippen LogP contribution in [0.3, 0.4) is 0 Å². The van der Waals surface area contributed by atoms with E-state index in [4.69, 9.17) is 0 Å². The molecule has 2 aromatic carbocycles. The van der Waals surface area contributed by atoms with E-state index in [1.165, 1.54) is 12.4 Å². The number of nitrogens with one attached hydrogen (secondary N) is 1. The highest BCUT2D eigenvalue weighted by Crippen LogP contribution is 2.41. The molecule has 0 aliphatic carbocycles. The zero-order valence-electron chi connectivity index (χ0n) is 14.5. The number of aromatic hydroxyl groups is 2. The molecule has 0 saturated carbocycles. The quantitative estimate of drug-likeness (QED) is 0.673. The molecular formula is C20H19N3O3. The zero-order chi connectivity index (χ0) is 18.7. The Morgan fingerprint density at radius 2 is 1.85 bits per heavy atom. The Bertz CT molecular complexity index is 956. The lowest BCUT2D eigenvalue weighted by molar-refractivity contribution is 0.0947. The molecule has 3 N–H and O–H groups in total. The van der Waals surface area contributed by atoms with Crippen LogP contribution in [-0.2, 0) is 6.54 Å². The van der Waals surface area contributed by atoms with Gasteiger partial charge in [0.1, 0.15) is 17.8 Å². The molecule has 3 aromatic rings. The van der Waals surface area contributed by atoms with Crippen molar-refractivity contribution in [2.75, 3.05) is 0 Å². The van der Waals surface area contributed by atoms with Gasteiger partial charge in [0.25, 0.3) is 5.91 Å². The first-order chi connectivity index (χ1) is 12.5. The number of carbonyl (C=O) groups is 1. The summed E-state index contributed by atoms with van der Waals surface area (Å²) in [5.41, 5.74) is 3.24. The molecular weight excluding hydrogens is 330 g/mol. The molecule has 0 radical (unpaired) electrons. The van der Waals surface area contributed by atoms with Crippen LogP contribution in [0.1, 0.15) is 27.0 Å². The molecule has 1 heterocycles. The molecule has 132 valence electrons. The van der Waals surface area contributed by atoms with Crippen LogP contribution >= 0.6 is 0 Å². The van der Waals surface area contributed by atoms with Crippen molar-refractivity contribution in [1.29, 1.82) is 0 Å². The fourth-order valence-corrected chi connectivity index (χ4v) is 2.85. The second kappa shape index (κ2) is 7.23. The highest BCUT2D eigenvalue weighted by atomic mass is 16.3. The number of aromatic nitrogens is 2. The summed E-state index contributed by atoms with van der Waals surface area (Å²) in [6.07, 6.45) is 4.62. The molecule has 1 aromatic heterocycles. The molecule has 0 saturated heterocycles. The van der Waals surface area contributed by atoms with Gasteiger partial charge in [-0.3, -0.25) is 4.79 Å². The van der Waals surface area contributed by atoms with Crippen LogP contribution in [0.15, 0.2) is 49.1 Å². The fourth-order valence-electron chi connectivity index (χ4n) is 2.85. The van der Waals surface area contributed by atoms with Crippen LogP contribution in [0.25, 0.3) is 11.1 Å². The molecule has 0 fully saturated rings. The maximum Gasteiger partial charge on any atom is 0.255 e. The van der Waals surface area contributed by atoms with Gasteiger partial charge in [0.2, 0.25) is 0 Å². The number of aryl methyl sites for hydroxylation is 2. The van der Waals surface area contributed by atoms with Crippen LogP contribution in [0.2, 0.25) is 0 Å². The first-order valence-electron chi connectivity index (χ1n) is 8.12. The number of nitrogens with zero attached hydrogens (tertiary/aromatic N) is 2. The first kappa shape index (κ1) is 17.4. The first-order valence-corrected chi connectivity index (χ1v) is 8.12. The molecule has 1 amide bonds. The summed E-state index contributed by atoms with van der Waals surface area (Å²) in [6, 6.07) is 8.85. The largest absolute Gasteiger partial charge is 0.507 e. The lowest BCUT2D eigenvalue weighted by Crippen LogP contribution is -2.24. The van der Waals surface area contributed by atoms with E-state index in [2.05, 4.69) is 15.3 Å². The van der Waals surface area contributed by atoms with Crippen molar-refractivity contribution in [3.63, 3.8) is 0 Å². The van der Waals surface area contributed by atoms with Gasteiger partial charge in [-0.25, -0.2) is 9.97 Å². The van der Waals surface area contributed by atoms with E-state index in [1.54, 1.807) is 25.4 Å². The summed E-state index contributed by atoms with van der Waals surface area (Å²) in [5, 5.41) is 23.8. The Balaban J connectivity index is 1.97. The Morgan fingerprint density at radius 1 is 1.12 bits per heavy atom. The Morgan fingerprint density at radius 3 is 2.54 bits per heavy atom. The predicted molar refractivity (Wildman–Crippen MR) is 97.9 cm³/mol. The minimum Gasteiger partial charge on any atom is -0.507 e. The minimum absolute atomic E-state index is 0.0707. The summed E-state index contributed by atoms with van der Waals surface area (Å²) >= 11 is 0. The summed E-state index contributed by atoms with van der Waals surface area (Å²) < 4.78 is 0. The fraction of sp³-hybridized carbons (Fsp3) is 0.150. The van der Waals surface area contributed by atoms with E-state index in [0.717, 1.165) is 11.1 Å². The SMILES string of the molecule is Cc1cccc(-c2c(O)cc(C)c(C(=O)NCc3cncnc3)c2O)c1. The van der Waals surface area contributed by atoms with E-state index < -0.39 is 5.91 Å². The Labute approximate surface area is 151 Å². The van der Waals surface area contributed by atoms with Crippen molar-refractivity contribution >= 4 is 5.91 Å². The zero-order valence-corrected chi connectivity index (χ0v) is 14.5. The number of hydrogen-bond acceptors (Lipinski definition) is 5. The van der Waals surface area contributed by atoms with E-state index >= 15 is 0 Å². The molecule has 0 aliphatic rings. The maximum absolute atomic E-state index is 12.6. The third kappa shape index (κ3) is 3.49. The summed E-state index contributed by atoms with van der Waals surface area (Å²) in [5.74, 6) is -0.744. The van der Waals surface area contributed by atoms with Gasteiger partial charge in [-0.05, 0) is 31.0 Å². The molecule has 3 rings (SSSR count). The van der Waals surface area contributed by atoms with E-state index in [1.807, 2.05) is 25.1 Å². The lowest BCUT2D eigenvalue weighted by atomic mass is 9.95. The van der Waals surface area contributed by atoms with Crippen LogP contribution in [0.5, 0.6) is 11.5 Å². The molecule has 26 heavy (non-hydrogen) atoms. The second-order valence-electron chi connectivity index (χ2n) is 6.11. The van der Waals surface area contributed by atoms with Gasteiger partial charge >= 0.3 is 0 Å². The number of amides is 1. The second-order valence-corrected chi connectivity index (χ2v) is 6.11. The molecule has 6 heteroatoms.